The fourth-order valence-corrected chi connectivity index (χ4v) is 3.49. The van der Waals surface area contributed by atoms with Crippen molar-refractivity contribution in [3.05, 3.63) is 65.2 Å². The van der Waals surface area contributed by atoms with Gasteiger partial charge in [-0.3, -0.25) is 4.79 Å². The summed E-state index contributed by atoms with van der Waals surface area (Å²) >= 11 is 0. The third-order valence-corrected chi connectivity index (χ3v) is 4.85. The summed E-state index contributed by atoms with van der Waals surface area (Å²) in [6, 6.07) is 15.6. The molecule has 1 amide bonds. The van der Waals surface area contributed by atoms with Crippen LogP contribution in [0, 0.1) is 6.92 Å². The van der Waals surface area contributed by atoms with E-state index in [4.69, 9.17) is 0 Å². The Labute approximate surface area is 143 Å². The number of hydrogen-bond acceptors (Lipinski definition) is 2. The van der Waals surface area contributed by atoms with Crippen molar-refractivity contribution in [2.45, 2.75) is 38.5 Å². The number of nitrogens with zero attached hydrogens (tertiary/aromatic N) is 1. The number of aromatic hydroxyl groups is 1. The van der Waals surface area contributed by atoms with Crippen LogP contribution >= 0.6 is 0 Å². The number of amides is 1. The Hall–Kier alpha value is -2.29. The molecule has 0 spiro atoms. The maximum Gasteiger partial charge on any atom is 0.223 e. The number of likely N-dealkylation sites (tertiary alicyclic amines) is 1. The Morgan fingerprint density at radius 1 is 1.08 bits per heavy atom. The van der Waals surface area contributed by atoms with Crippen LogP contribution in [0.4, 0.5) is 0 Å². The number of aryl methyl sites for hydroxylation is 1. The lowest BCUT2D eigenvalue weighted by Crippen LogP contribution is -2.36. The van der Waals surface area contributed by atoms with E-state index in [-0.39, 0.29) is 17.6 Å². The Kier molecular flexibility index (Phi) is 5.19. The first-order valence-electron chi connectivity index (χ1n) is 8.77. The van der Waals surface area contributed by atoms with Gasteiger partial charge in [0.2, 0.25) is 5.91 Å². The molecule has 24 heavy (non-hydrogen) atoms. The molecule has 0 bridgehead atoms. The van der Waals surface area contributed by atoms with E-state index in [0.29, 0.717) is 6.42 Å². The molecule has 1 saturated heterocycles. The van der Waals surface area contributed by atoms with Gasteiger partial charge >= 0.3 is 0 Å². The molecule has 0 aromatic heterocycles. The van der Waals surface area contributed by atoms with Crippen LogP contribution in [0.5, 0.6) is 5.75 Å². The van der Waals surface area contributed by atoms with Crippen LogP contribution in [-0.2, 0) is 4.79 Å². The van der Waals surface area contributed by atoms with Gasteiger partial charge in [0.15, 0.2) is 0 Å². The van der Waals surface area contributed by atoms with E-state index in [9.17, 15) is 9.90 Å². The van der Waals surface area contributed by atoms with Crippen molar-refractivity contribution in [2.24, 2.45) is 0 Å². The molecule has 1 aliphatic rings. The first-order chi connectivity index (χ1) is 11.6. The summed E-state index contributed by atoms with van der Waals surface area (Å²) in [4.78, 5) is 14.8. The van der Waals surface area contributed by atoms with Crippen LogP contribution in [0.2, 0.25) is 0 Å². The maximum atomic E-state index is 12.8. The van der Waals surface area contributed by atoms with Crippen LogP contribution in [0.1, 0.15) is 48.3 Å². The van der Waals surface area contributed by atoms with Gasteiger partial charge in [0.1, 0.15) is 5.75 Å². The zero-order valence-corrected chi connectivity index (χ0v) is 14.2. The van der Waals surface area contributed by atoms with E-state index in [0.717, 1.165) is 42.6 Å². The number of piperidine rings is 1. The molecule has 1 heterocycles. The van der Waals surface area contributed by atoms with Gasteiger partial charge < -0.3 is 10.0 Å². The molecule has 2 aromatic carbocycles. The van der Waals surface area contributed by atoms with Gasteiger partial charge in [0.05, 0.1) is 0 Å². The molecule has 0 unspecified atom stereocenters. The van der Waals surface area contributed by atoms with Crippen LogP contribution < -0.4 is 0 Å². The second kappa shape index (κ2) is 7.52. The third-order valence-electron chi connectivity index (χ3n) is 4.85. The molecule has 3 rings (SSSR count). The summed E-state index contributed by atoms with van der Waals surface area (Å²) in [6.45, 7) is 3.73. The summed E-state index contributed by atoms with van der Waals surface area (Å²) in [5.41, 5.74) is 3.00. The average molecular weight is 323 g/mol. The van der Waals surface area contributed by atoms with Crippen molar-refractivity contribution in [1.82, 2.24) is 4.90 Å². The van der Waals surface area contributed by atoms with Gasteiger partial charge in [-0.25, -0.2) is 0 Å². The van der Waals surface area contributed by atoms with Crippen molar-refractivity contribution in [3.8, 4) is 5.75 Å². The predicted octanol–water partition coefficient (Wildman–Crippen LogP) is 4.24. The van der Waals surface area contributed by atoms with Gasteiger partial charge in [-0.05, 0) is 37.8 Å². The SMILES string of the molecule is Cc1ccc(O)c([C@H](CC(=O)N2CCCCC2)c2ccccc2)c1. The van der Waals surface area contributed by atoms with E-state index in [1.54, 1.807) is 6.07 Å². The third kappa shape index (κ3) is 3.78. The highest BCUT2D eigenvalue weighted by molar-refractivity contribution is 5.78. The zero-order chi connectivity index (χ0) is 16.9. The molecule has 3 nitrogen and oxygen atoms in total. The van der Waals surface area contributed by atoms with Gasteiger partial charge in [-0.2, -0.15) is 0 Å². The van der Waals surface area contributed by atoms with E-state index >= 15 is 0 Å². The second-order valence-corrected chi connectivity index (χ2v) is 6.67. The lowest BCUT2D eigenvalue weighted by Gasteiger charge is -2.29. The fourth-order valence-electron chi connectivity index (χ4n) is 3.49. The minimum absolute atomic E-state index is 0.111. The number of hydrogen-bond donors (Lipinski definition) is 1. The smallest absolute Gasteiger partial charge is 0.223 e. The van der Waals surface area contributed by atoms with E-state index in [1.807, 2.05) is 54.3 Å². The molecule has 0 saturated carbocycles. The molecular weight excluding hydrogens is 298 g/mol. The number of carbonyl (C=O) groups is 1. The summed E-state index contributed by atoms with van der Waals surface area (Å²) in [5, 5.41) is 10.4. The van der Waals surface area contributed by atoms with Gasteiger partial charge in [0.25, 0.3) is 0 Å². The first-order valence-corrected chi connectivity index (χ1v) is 8.77. The first kappa shape index (κ1) is 16.6. The molecule has 1 fully saturated rings. The van der Waals surface area contributed by atoms with Crippen LogP contribution in [-0.4, -0.2) is 29.0 Å². The molecule has 2 aromatic rings. The highest BCUT2D eigenvalue weighted by Crippen LogP contribution is 2.35. The zero-order valence-electron chi connectivity index (χ0n) is 14.2. The largest absolute Gasteiger partial charge is 0.508 e. The molecule has 1 N–H and O–H groups in total. The van der Waals surface area contributed by atoms with Crippen LogP contribution in [0.15, 0.2) is 48.5 Å². The maximum absolute atomic E-state index is 12.8. The predicted molar refractivity (Wildman–Crippen MR) is 96.2 cm³/mol. The van der Waals surface area contributed by atoms with E-state index in [2.05, 4.69) is 0 Å². The quantitative estimate of drug-likeness (QED) is 0.914. The molecule has 126 valence electrons. The highest BCUT2D eigenvalue weighted by Gasteiger charge is 2.25. The summed E-state index contributed by atoms with van der Waals surface area (Å²) in [5.74, 6) is 0.339. The Balaban J connectivity index is 1.90. The average Bonchev–Trinajstić information content (AvgIpc) is 2.63. The number of carbonyl (C=O) groups excluding carboxylic acids is 1. The molecular formula is C21H25NO2. The summed E-state index contributed by atoms with van der Waals surface area (Å²) in [6.07, 6.45) is 3.81. The highest BCUT2D eigenvalue weighted by atomic mass is 16.3. The lowest BCUT2D eigenvalue weighted by molar-refractivity contribution is -0.132. The van der Waals surface area contributed by atoms with Crippen LogP contribution in [0.3, 0.4) is 0 Å². The van der Waals surface area contributed by atoms with E-state index < -0.39 is 0 Å². The van der Waals surface area contributed by atoms with Crippen molar-refractivity contribution in [2.75, 3.05) is 13.1 Å². The number of phenols is 1. The minimum Gasteiger partial charge on any atom is -0.508 e. The second-order valence-electron chi connectivity index (χ2n) is 6.67. The van der Waals surface area contributed by atoms with Gasteiger partial charge in [-0.15, -0.1) is 0 Å². The van der Waals surface area contributed by atoms with Gasteiger partial charge in [-0.1, -0.05) is 48.0 Å². The van der Waals surface area contributed by atoms with Crippen molar-refractivity contribution >= 4 is 5.91 Å². The summed E-state index contributed by atoms with van der Waals surface area (Å²) in [7, 11) is 0. The Morgan fingerprint density at radius 2 is 1.79 bits per heavy atom. The number of phenolic OH excluding ortho intramolecular Hbond substituents is 1. The molecule has 0 radical (unpaired) electrons. The summed E-state index contributed by atoms with van der Waals surface area (Å²) < 4.78 is 0. The Bertz CT molecular complexity index is 690. The molecule has 1 aliphatic heterocycles. The fraction of sp³-hybridized carbons (Fsp3) is 0.381. The van der Waals surface area contributed by atoms with E-state index in [1.165, 1.54) is 6.42 Å². The van der Waals surface area contributed by atoms with Crippen LogP contribution in [0.25, 0.3) is 0 Å². The molecule has 3 heteroatoms. The van der Waals surface area contributed by atoms with Gasteiger partial charge in [0, 0.05) is 31.0 Å². The monoisotopic (exact) mass is 323 g/mol. The minimum atomic E-state index is -0.111. The van der Waals surface area contributed by atoms with Crippen molar-refractivity contribution in [3.63, 3.8) is 0 Å². The molecule has 1 atom stereocenters. The van der Waals surface area contributed by atoms with Crippen molar-refractivity contribution in [1.29, 1.82) is 0 Å². The van der Waals surface area contributed by atoms with Crippen molar-refractivity contribution < 1.29 is 9.90 Å². The number of benzene rings is 2. The Morgan fingerprint density at radius 3 is 2.50 bits per heavy atom. The topological polar surface area (TPSA) is 40.5 Å². The normalized spacial score (nSPS) is 16.0. The lowest BCUT2D eigenvalue weighted by atomic mass is 9.86. The number of rotatable bonds is 4. The molecule has 0 aliphatic carbocycles. The standard InChI is InChI=1S/C21H25NO2/c1-16-10-11-20(23)19(14-16)18(17-8-4-2-5-9-17)15-21(24)22-12-6-3-7-13-22/h2,4-5,8-11,14,18,23H,3,6-7,12-13,15H2,1H3/t18-/m1/s1.